The van der Waals surface area contributed by atoms with Crippen molar-refractivity contribution in [3.8, 4) is 0 Å². The Bertz CT molecular complexity index is 735. The number of carbonyl (C=O) groups excluding carboxylic acids is 1. The number of rotatable bonds is 3. The second kappa shape index (κ2) is 5.26. The quantitative estimate of drug-likeness (QED) is 0.776. The first-order chi connectivity index (χ1) is 9.78. The molecule has 20 heavy (non-hydrogen) atoms. The van der Waals surface area contributed by atoms with Crippen molar-refractivity contribution < 1.29 is 4.79 Å². The van der Waals surface area contributed by atoms with Crippen molar-refractivity contribution in [2.24, 2.45) is 0 Å². The van der Waals surface area contributed by atoms with Crippen LogP contribution in [-0.4, -0.2) is 22.9 Å². The predicted octanol–water partition coefficient (Wildman–Crippen LogP) is 2.99. The van der Waals surface area contributed by atoms with Crippen molar-refractivity contribution in [3.05, 3.63) is 48.3 Å². The maximum absolute atomic E-state index is 12.3. The van der Waals surface area contributed by atoms with Crippen molar-refractivity contribution in [1.82, 2.24) is 9.97 Å². The van der Waals surface area contributed by atoms with E-state index in [1.165, 1.54) is 11.3 Å². The van der Waals surface area contributed by atoms with Gasteiger partial charge < -0.3 is 5.32 Å². The highest BCUT2D eigenvalue weighted by Crippen LogP contribution is 2.26. The van der Waals surface area contributed by atoms with Gasteiger partial charge in [-0.1, -0.05) is 23.5 Å². The van der Waals surface area contributed by atoms with Gasteiger partial charge in [-0.2, -0.15) is 0 Å². The summed E-state index contributed by atoms with van der Waals surface area (Å²) in [4.78, 5) is 20.6. The van der Waals surface area contributed by atoms with E-state index in [9.17, 15) is 4.79 Å². The summed E-state index contributed by atoms with van der Waals surface area (Å²) in [6, 6.07) is 9.46. The lowest BCUT2D eigenvalue weighted by atomic mass is 10.2. The molecule has 2 heterocycles. The minimum atomic E-state index is -0.198. The normalized spacial score (nSPS) is 10.4. The molecular weight excluding hydrogens is 272 g/mol. The average Bonchev–Trinajstić information content (AvgIpc) is 2.89. The second-order valence-corrected chi connectivity index (χ2v) is 5.14. The van der Waals surface area contributed by atoms with Crippen LogP contribution in [0.4, 0.5) is 10.8 Å². The van der Waals surface area contributed by atoms with E-state index < -0.39 is 0 Å². The van der Waals surface area contributed by atoms with Crippen molar-refractivity contribution in [1.29, 1.82) is 0 Å². The highest BCUT2D eigenvalue weighted by atomic mass is 32.1. The Labute approximate surface area is 119 Å². The molecule has 100 valence electrons. The molecule has 3 rings (SSSR count). The van der Waals surface area contributed by atoms with Crippen molar-refractivity contribution >= 4 is 38.3 Å². The lowest BCUT2D eigenvalue weighted by Gasteiger charge is -2.06. The molecule has 0 saturated heterocycles. The van der Waals surface area contributed by atoms with Crippen LogP contribution in [0.3, 0.4) is 0 Å². The Kier molecular flexibility index (Phi) is 3.30. The topological polar surface area (TPSA) is 66.9 Å². The number of anilines is 2. The van der Waals surface area contributed by atoms with Crippen LogP contribution in [0.5, 0.6) is 0 Å². The first kappa shape index (κ1) is 12.6. The number of hydrogen-bond acceptors (Lipinski definition) is 5. The monoisotopic (exact) mass is 284 g/mol. The van der Waals surface area contributed by atoms with Crippen molar-refractivity contribution in [3.63, 3.8) is 0 Å². The highest BCUT2D eigenvalue weighted by molar-refractivity contribution is 7.22. The molecule has 0 saturated carbocycles. The van der Waals surface area contributed by atoms with Crippen LogP contribution in [-0.2, 0) is 0 Å². The number of para-hydroxylation sites is 1. The lowest BCUT2D eigenvalue weighted by molar-refractivity contribution is 0.102. The van der Waals surface area contributed by atoms with Crippen molar-refractivity contribution in [2.75, 3.05) is 17.7 Å². The number of hydrogen-bond donors (Lipinski definition) is 2. The Morgan fingerprint density at radius 3 is 2.90 bits per heavy atom. The third-order valence-electron chi connectivity index (χ3n) is 2.85. The fraction of sp³-hybridized carbons (Fsp3) is 0.0714. The van der Waals surface area contributed by atoms with Crippen LogP contribution in [0.2, 0.25) is 0 Å². The van der Waals surface area contributed by atoms with Gasteiger partial charge in [0.1, 0.15) is 0 Å². The molecule has 2 N–H and O–H groups in total. The Morgan fingerprint density at radius 1 is 1.25 bits per heavy atom. The Morgan fingerprint density at radius 2 is 2.10 bits per heavy atom. The van der Waals surface area contributed by atoms with Gasteiger partial charge in [-0.15, -0.1) is 0 Å². The fourth-order valence-corrected chi connectivity index (χ4v) is 2.74. The summed E-state index contributed by atoms with van der Waals surface area (Å²) in [5.74, 6) is -0.198. The summed E-state index contributed by atoms with van der Waals surface area (Å²) >= 11 is 1.45. The first-order valence-electron chi connectivity index (χ1n) is 6.06. The number of aromatic nitrogens is 2. The number of thiazole rings is 1. The standard InChI is InChI=1S/C14H12N4OS/c1-15-11-8-16-7-6-9(11)13(19)18-14-17-10-4-2-3-5-12(10)20-14/h2-8,15H,1H3,(H,17,18,19). The minimum Gasteiger partial charge on any atom is -0.386 e. The maximum Gasteiger partial charge on any atom is 0.259 e. The summed E-state index contributed by atoms with van der Waals surface area (Å²) in [5, 5.41) is 6.36. The molecule has 0 unspecified atom stereocenters. The Balaban J connectivity index is 1.88. The van der Waals surface area contributed by atoms with Gasteiger partial charge in [0.15, 0.2) is 5.13 Å². The van der Waals surface area contributed by atoms with Crippen LogP contribution in [0.1, 0.15) is 10.4 Å². The molecule has 1 amide bonds. The van der Waals surface area contributed by atoms with E-state index in [1.54, 1.807) is 25.5 Å². The number of carbonyl (C=O) groups is 1. The van der Waals surface area contributed by atoms with Gasteiger partial charge in [-0.05, 0) is 18.2 Å². The van der Waals surface area contributed by atoms with Crippen LogP contribution in [0.15, 0.2) is 42.7 Å². The summed E-state index contributed by atoms with van der Waals surface area (Å²) in [7, 11) is 1.76. The number of nitrogens with one attached hydrogen (secondary N) is 2. The Hall–Kier alpha value is -2.47. The van der Waals surface area contributed by atoms with Gasteiger partial charge in [-0.3, -0.25) is 15.1 Å². The molecule has 5 nitrogen and oxygen atoms in total. The van der Waals surface area contributed by atoms with E-state index in [-0.39, 0.29) is 5.91 Å². The second-order valence-electron chi connectivity index (χ2n) is 4.11. The van der Waals surface area contributed by atoms with E-state index in [0.29, 0.717) is 16.4 Å². The molecular formula is C14H12N4OS. The summed E-state index contributed by atoms with van der Waals surface area (Å²) < 4.78 is 1.05. The largest absolute Gasteiger partial charge is 0.386 e. The lowest BCUT2D eigenvalue weighted by Crippen LogP contribution is -2.13. The van der Waals surface area contributed by atoms with E-state index in [0.717, 1.165) is 10.2 Å². The number of nitrogens with zero attached hydrogens (tertiary/aromatic N) is 2. The van der Waals surface area contributed by atoms with E-state index >= 15 is 0 Å². The molecule has 0 aliphatic heterocycles. The molecule has 2 aromatic heterocycles. The summed E-state index contributed by atoms with van der Waals surface area (Å²) in [6.07, 6.45) is 3.21. The fourth-order valence-electron chi connectivity index (χ4n) is 1.88. The first-order valence-corrected chi connectivity index (χ1v) is 6.88. The smallest absolute Gasteiger partial charge is 0.259 e. The zero-order valence-corrected chi connectivity index (χ0v) is 11.6. The summed E-state index contributed by atoms with van der Waals surface area (Å²) in [5.41, 5.74) is 2.12. The molecule has 0 fully saturated rings. The van der Waals surface area contributed by atoms with Gasteiger partial charge in [0.2, 0.25) is 0 Å². The van der Waals surface area contributed by atoms with Crippen LogP contribution in [0, 0.1) is 0 Å². The molecule has 0 spiro atoms. The number of pyridine rings is 1. The molecule has 3 aromatic rings. The summed E-state index contributed by atoms with van der Waals surface area (Å²) in [6.45, 7) is 0. The zero-order chi connectivity index (χ0) is 13.9. The van der Waals surface area contributed by atoms with Crippen LogP contribution >= 0.6 is 11.3 Å². The molecule has 0 atom stereocenters. The number of amides is 1. The number of benzene rings is 1. The van der Waals surface area contributed by atoms with E-state index in [2.05, 4.69) is 20.6 Å². The highest BCUT2D eigenvalue weighted by Gasteiger charge is 2.13. The van der Waals surface area contributed by atoms with E-state index in [1.807, 2.05) is 24.3 Å². The van der Waals surface area contributed by atoms with Crippen molar-refractivity contribution in [2.45, 2.75) is 0 Å². The SMILES string of the molecule is CNc1cnccc1C(=O)Nc1nc2ccccc2s1. The average molecular weight is 284 g/mol. The zero-order valence-electron chi connectivity index (χ0n) is 10.8. The molecule has 0 bridgehead atoms. The van der Waals surface area contributed by atoms with Gasteiger partial charge in [-0.25, -0.2) is 4.98 Å². The molecule has 0 aliphatic rings. The van der Waals surface area contributed by atoms with Gasteiger partial charge in [0.05, 0.1) is 27.7 Å². The van der Waals surface area contributed by atoms with Gasteiger partial charge in [0.25, 0.3) is 5.91 Å². The molecule has 1 aromatic carbocycles. The van der Waals surface area contributed by atoms with E-state index in [4.69, 9.17) is 0 Å². The molecule has 0 aliphatic carbocycles. The maximum atomic E-state index is 12.3. The molecule has 6 heteroatoms. The van der Waals surface area contributed by atoms with Gasteiger partial charge in [0, 0.05) is 13.2 Å². The third-order valence-corrected chi connectivity index (χ3v) is 3.80. The van der Waals surface area contributed by atoms with Crippen LogP contribution < -0.4 is 10.6 Å². The van der Waals surface area contributed by atoms with Gasteiger partial charge >= 0.3 is 0 Å². The predicted molar refractivity (Wildman–Crippen MR) is 81.4 cm³/mol. The third kappa shape index (κ3) is 2.33. The number of fused-ring (bicyclic) bond motifs is 1. The van der Waals surface area contributed by atoms with Crippen LogP contribution in [0.25, 0.3) is 10.2 Å². The minimum absolute atomic E-state index is 0.198. The molecule has 0 radical (unpaired) electrons.